The molecule has 5 heteroatoms. The number of rotatable bonds is 4. The Bertz CT molecular complexity index is 430. The van der Waals surface area contributed by atoms with Gasteiger partial charge >= 0.3 is 5.97 Å². The number of benzene rings is 1. The molecule has 0 spiro atoms. The van der Waals surface area contributed by atoms with Gasteiger partial charge in [-0.3, -0.25) is 4.79 Å². The van der Waals surface area contributed by atoms with Crippen LogP contribution in [0.2, 0.25) is 5.02 Å². The monoisotopic (exact) mass is 299 g/mol. The molecule has 1 fully saturated rings. The Kier molecular flexibility index (Phi) is 5.13. The molecule has 1 N–H and O–H groups in total. The zero-order chi connectivity index (χ0) is 13.7. The number of piperidine rings is 1. The Balaban J connectivity index is 2.23. The van der Waals surface area contributed by atoms with Crippen LogP contribution in [0.5, 0.6) is 0 Å². The van der Waals surface area contributed by atoms with Crippen LogP contribution in [0.25, 0.3) is 0 Å². The van der Waals surface area contributed by atoms with E-state index < -0.39 is 5.60 Å². The second-order valence-electron chi connectivity index (χ2n) is 4.70. The van der Waals surface area contributed by atoms with E-state index in [4.69, 9.17) is 16.3 Å². The van der Waals surface area contributed by atoms with E-state index >= 15 is 0 Å². The standard InChI is InChI=1S/C14H18ClNO2S/c15-12-3-1-11(2-4-12)14(6-8-16-9-7-14)18-13(17)5-10-19/h1-4,16,19H,5-10H2. The molecule has 1 aliphatic rings. The van der Waals surface area contributed by atoms with Crippen LogP contribution in [0.15, 0.2) is 24.3 Å². The van der Waals surface area contributed by atoms with Crippen molar-refractivity contribution >= 4 is 30.2 Å². The zero-order valence-electron chi connectivity index (χ0n) is 10.7. The number of carbonyl (C=O) groups is 1. The summed E-state index contributed by atoms with van der Waals surface area (Å²) in [5, 5.41) is 3.98. The van der Waals surface area contributed by atoms with Gasteiger partial charge in [-0.25, -0.2) is 0 Å². The Labute approximate surface area is 124 Å². The maximum absolute atomic E-state index is 11.8. The predicted molar refractivity (Wildman–Crippen MR) is 79.8 cm³/mol. The van der Waals surface area contributed by atoms with Gasteiger partial charge < -0.3 is 10.1 Å². The highest BCUT2D eigenvalue weighted by Crippen LogP contribution is 2.35. The highest BCUT2D eigenvalue weighted by Gasteiger charge is 2.37. The van der Waals surface area contributed by atoms with E-state index in [1.807, 2.05) is 24.3 Å². The smallest absolute Gasteiger partial charge is 0.307 e. The fraction of sp³-hybridized carbons (Fsp3) is 0.500. The van der Waals surface area contributed by atoms with Gasteiger partial charge in [0.05, 0.1) is 6.42 Å². The summed E-state index contributed by atoms with van der Waals surface area (Å²) in [4.78, 5) is 11.8. The van der Waals surface area contributed by atoms with E-state index in [-0.39, 0.29) is 5.97 Å². The first kappa shape index (κ1) is 14.7. The number of halogens is 1. The van der Waals surface area contributed by atoms with E-state index in [1.165, 1.54) is 0 Å². The third-order valence-corrected chi connectivity index (χ3v) is 3.88. The van der Waals surface area contributed by atoms with Crippen molar-refractivity contribution in [3.8, 4) is 0 Å². The first-order valence-electron chi connectivity index (χ1n) is 6.46. The van der Waals surface area contributed by atoms with E-state index in [0.29, 0.717) is 17.2 Å². The minimum atomic E-state index is -0.518. The average Bonchev–Trinajstić information content (AvgIpc) is 2.40. The molecule has 1 aromatic rings. The quantitative estimate of drug-likeness (QED) is 0.663. The molecule has 19 heavy (non-hydrogen) atoms. The summed E-state index contributed by atoms with van der Waals surface area (Å²) >= 11 is 10.00. The van der Waals surface area contributed by atoms with Gasteiger partial charge in [0.2, 0.25) is 0 Å². The third kappa shape index (κ3) is 3.65. The molecule has 104 valence electrons. The first-order valence-corrected chi connectivity index (χ1v) is 7.47. The number of esters is 1. The number of nitrogens with one attached hydrogen (secondary N) is 1. The molecular weight excluding hydrogens is 282 g/mol. The molecule has 0 aromatic heterocycles. The lowest BCUT2D eigenvalue weighted by molar-refractivity contribution is -0.163. The number of hydrogen-bond acceptors (Lipinski definition) is 4. The predicted octanol–water partition coefficient (Wildman–Crippen LogP) is 2.78. The van der Waals surface area contributed by atoms with Gasteiger partial charge in [0.15, 0.2) is 0 Å². The van der Waals surface area contributed by atoms with Gasteiger partial charge in [0.1, 0.15) is 5.60 Å². The lowest BCUT2D eigenvalue weighted by Crippen LogP contribution is -2.43. The van der Waals surface area contributed by atoms with Crippen LogP contribution < -0.4 is 5.32 Å². The number of thiol groups is 1. The zero-order valence-corrected chi connectivity index (χ0v) is 12.3. The van der Waals surface area contributed by atoms with Crippen LogP contribution >= 0.6 is 24.2 Å². The van der Waals surface area contributed by atoms with E-state index in [1.54, 1.807) is 0 Å². The number of ether oxygens (including phenoxy) is 1. The van der Waals surface area contributed by atoms with Crippen LogP contribution in [0.1, 0.15) is 24.8 Å². The van der Waals surface area contributed by atoms with Crippen molar-refractivity contribution < 1.29 is 9.53 Å². The summed E-state index contributed by atoms with van der Waals surface area (Å²) in [6, 6.07) is 7.57. The van der Waals surface area contributed by atoms with Gasteiger partial charge in [0, 0.05) is 23.6 Å². The van der Waals surface area contributed by atoms with E-state index in [0.717, 1.165) is 31.5 Å². The molecule has 0 aliphatic carbocycles. The molecule has 1 heterocycles. The van der Waals surface area contributed by atoms with Crippen LogP contribution in [0.3, 0.4) is 0 Å². The molecule has 2 rings (SSSR count). The lowest BCUT2D eigenvalue weighted by atomic mass is 9.84. The van der Waals surface area contributed by atoms with Crippen molar-refractivity contribution in [1.29, 1.82) is 0 Å². The lowest BCUT2D eigenvalue weighted by Gasteiger charge is -2.37. The fourth-order valence-electron chi connectivity index (χ4n) is 2.39. The van der Waals surface area contributed by atoms with Gasteiger partial charge in [-0.1, -0.05) is 23.7 Å². The molecule has 0 radical (unpaired) electrons. The Morgan fingerprint density at radius 2 is 1.95 bits per heavy atom. The van der Waals surface area contributed by atoms with Crippen LogP contribution in [0, 0.1) is 0 Å². The minimum absolute atomic E-state index is 0.188. The van der Waals surface area contributed by atoms with Crippen molar-refractivity contribution in [2.75, 3.05) is 18.8 Å². The van der Waals surface area contributed by atoms with Gasteiger partial charge in [-0.15, -0.1) is 0 Å². The third-order valence-electron chi connectivity index (χ3n) is 3.41. The molecule has 1 aromatic carbocycles. The Morgan fingerprint density at radius 1 is 1.32 bits per heavy atom. The van der Waals surface area contributed by atoms with Crippen molar-refractivity contribution in [2.45, 2.75) is 24.9 Å². The van der Waals surface area contributed by atoms with Crippen LogP contribution in [0.4, 0.5) is 0 Å². The molecular formula is C14H18ClNO2S. The molecule has 3 nitrogen and oxygen atoms in total. The summed E-state index contributed by atoms with van der Waals surface area (Å²) in [7, 11) is 0. The normalized spacial score (nSPS) is 18.0. The van der Waals surface area contributed by atoms with Crippen LogP contribution in [-0.2, 0) is 15.1 Å². The average molecular weight is 300 g/mol. The molecule has 1 saturated heterocycles. The van der Waals surface area contributed by atoms with Gasteiger partial charge in [0.25, 0.3) is 0 Å². The second kappa shape index (κ2) is 6.64. The number of carbonyl (C=O) groups excluding carboxylic acids is 1. The minimum Gasteiger partial charge on any atom is -0.454 e. The maximum atomic E-state index is 11.8. The van der Waals surface area contributed by atoms with Crippen molar-refractivity contribution in [3.63, 3.8) is 0 Å². The topological polar surface area (TPSA) is 38.3 Å². The Morgan fingerprint density at radius 3 is 2.53 bits per heavy atom. The summed E-state index contributed by atoms with van der Waals surface area (Å²) < 4.78 is 5.77. The van der Waals surface area contributed by atoms with Crippen molar-refractivity contribution in [3.05, 3.63) is 34.9 Å². The van der Waals surface area contributed by atoms with Gasteiger partial charge in [-0.2, -0.15) is 12.6 Å². The number of hydrogen-bond donors (Lipinski definition) is 2. The molecule has 0 saturated carbocycles. The molecule has 0 atom stereocenters. The molecule has 0 unspecified atom stereocenters. The first-order chi connectivity index (χ1) is 9.16. The summed E-state index contributed by atoms with van der Waals surface area (Å²) in [6.45, 7) is 1.69. The summed E-state index contributed by atoms with van der Waals surface area (Å²) in [6.07, 6.45) is 1.91. The summed E-state index contributed by atoms with van der Waals surface area (Å²) in [5.41, 5.74) is 0.501. The maximum Gasteiger partial charge on any atom is 0.307 e. The van der Waals surface area contributed by atoms with Crippen molar-refractivity contribution in [1.82, 2.24) is 5.32 Å². The van der Waals surface area contributed by atoms with Crippen molar-refractivity contribution in [2.24, 2.45) is 0 Å². The Hall–Kier alpha value is -0.710. The van der Waals surface area contributed by atoms with E-state index in [2.05, 4.69) is 17.9 Å². The molecule has 0 amide bonds. The highest BCUT2D eigenvalue weighted by atomic mass is 35.5. The fourth-order valence-corrected chi connectivity index (χ4v) is 2.70. The van der Waals surface area contributed by atoms with E-state index in [9.17, 15) is 4.79 Å². The highest BCUT2D eigenvalue weighted by molar-refractivity contribution is 7.80. The molecule has 1 aliphatic heterocycles. The SMILES string of the molecule is O=C(CCS)OC1(c2ccc(Cl)cc2)CCNCC1. The van der Waals surface area contributed by atoms with Gasteiger partial charge in [-0.05, 0) is 30.8 Å². The second-order valence-corrected chi connectivity index (χ2v) is 5.58. The molecule has 0 bridgehead atoms. The summed E-state index contributed by atoms with van der Waals surface area (Å²) in [5.74, 6) is 0.320. The largest absolute Gasteiger partial charge is 0.454 e. The van der Waals surface area contributed by atoms with Crippen LogP contribution in [-0.4, -0.2) is 24.8 Å².